The van der Waals surface area contributed by atoms with E-state index in [0.29, 0.717) is 24.6 Å². The van der Waals surface area contributed by atoms with Gasteiger partial charge < -0.3 is 4.52 Å². The molecule has 0 aromatic carbocycles. The fraction of sp³-hybridized carbons (Fsp3) is 0.625. The summed E-state index contributed by atoms with van der Waals surface area (Å²) in [5, 5.41) is 12.1. The van der Waals surface area contributed by atoms with E-state index in [-0.39, 0.29) is 5.92 Å². The highest BCUT2D eigenvalue weighted by atomic mass is 16.5. The lowest BCUT2D eigenvalue weighted by atomic mass is 10.1. The monoisotopic (exact) mass is 165 g/mol. The molecule has 1 unspecified atom stereocenters. The molecule has 1 heterocycles. The lowest BCUT2D eigenvalue weighted by Gasteiger charge is -1.99. The Morgan fingerprint density at radius 3 is 2.92 bits per heavy atom. The highest BCUT2D eigenvalue weighted by Crippen LogP contribution is 2.08. The summed E-state index contributed by atoms with van der Waals surface area (Å²) in [6.45, 7) is 3.77. The molecule has 0 N–H and O–H groups in total. The topological polar surface area (TPSA) is 62.7 Å². The minimum atomic E-state index is 0.287. The van der Waals surface area contributed by atoms with Gasteiger partial charge >= 0.3 is 0 Å². The van der Waals surface area contributed by atoms with Gasteiger partial charge in [-0.1, -0.05) is 12.1 Å². The van der Waals surface area contributed by atoms with Crippen LogP contribution in [-0.2, 0) is 6.42 Å². The zero-order valence-electron chi connectivity index (χ0n) is 7.24. The molecule has 0 bridgehead atoms. The van der Waals surface area contributed by atoms with E-state index in [9.17, 15) is 0 Å². The Morgan fingerprint density at radius 1 is 1.67 bits per heavy atom. The van der Waals surface area contributed by atoms with E-state index in [2.05, 4.69) is 16.2 Å². The minimum Gasteiger partial charge on any atom is -0.339 e. The fourth-order valence-corrected chi connectivity index (χ4v) is 0.949. The van der Waals surface area contributed by atoms with Crippen LogP contribution in [0.2, 0.25) is 0 Å². The second kappa shape index (κ2) is 3.86. The number of hydrogen-bond acceptors (Lipinski definition) is 4. The van der Waals surface area contributed by atoms with Crippen molar-refractivity contribution in [1.29, 1.82) is 5.26 Å². The average Bonchev–Trinajstić information content (AvgIpc) is 2.36. The molecular weight excluding hydrogens is 154 g/mol. The molecule has 0 fully saturated rings. The summed E-state index contributed by atoms with van der Waals surface area (Å²) in [7, 11) is 0. The van der Waals surface area contributed by atoms with Crippen LogP contribution < -0.4 is 0 Å². The van der Waals surface area contributed by atoms with Crippen molar-refractivity contribution in [2.24, 2.45) is 5.92 Å². The van der Waals surface area contributed by atoms with Gasteiger partial charge in [0.05, 0.1) is 6.07 Å². The molecule has 1 aromatic heterocycles. The molecule has 4 nitrogen and oxygen atoms in total. The SMILES string of the molecule is Cc1noc(CC(C)CC#N)n1. The predicted molar refractivity (Wildman–Crippen MR) is 42.1 cm³/mol. The summed E-state index contributed by atoms with van der Waals surface area (Å²) in [6, 6.07) is 2.10. The Kier molecular flexibility index (Phi) is 2.81. The third kappa shape index (κ3) is 2.35. The van der Waals surface area contributed by atoms with Gasteiger partial charge in [-0.25, -0.2) is 0 Å². The molecular formula is C8H11N3O. The maximum absolute atomic E-state index is 8.40. The van der Waals surface area contributed by atoms with E-state index < -0.39 is 0 Å². The summed E-state index contributed by atoms with van der Waals surface area (Å²) in [5.41, 5.74) is 0. The molecule has 0 spiro atoms. The maximum atomic E-state index is 8.40. The second-order valence-electron chi connectivity index (χ2n) is 2.91. The molecule has 12 heavy (non-hydrogen) atoms. The Bertz CT molecular complexity index is 287. The van der Waals surface area contributed by atoms with Crippen LogP contribution in [0.5, 0.6) is 0 Å². The fourth-order valence-electron chi connectivity index (χ4n) is 0.949. The lowest BCUT2D eigenvalue weighted by Crippen LogP contribution is -1.98. The van der Waals surface area contributed by atoms with Crippen LogP contribution >= 0.6 is 0 Å². The van der Waals surface area contributed by atoms with Gasteiger partial charge in [0.2, 0.25) is 5.89 Å². The average molecular weight is 165 g/mol. The largest absolute Gasteiger partial charge is 0.339 e. The normalized spacial score (nSPS) is 12.4. The Hall–Kier alpha value is -1.37. The molecule has 0 saturated carbocycles. The first-order chi connectivity index (χ1) is 5.72. The van der Waals surface area contributed by atoms with E-state index >= 15 is 0 Å². The van der Waals surface area contributed by atoms with Gasteiger partial charge in [0.15, 0.2) is 5.82 Å². The van der Waals surface area contributed by atoms with Crippen molar-refractivity contribution in [2.45, 2.75) is 26.7 Å². The van der Waals surface area contributed by atoms with Gasteiger partial charge in [-0.05, 0) is 12.8 Å². The zero-order chi connectivity index (χ0) is 8.97. The van der Waals surface area contributed by atoms with E-state index in [0.717, 1.165) is 0 Å². The van der Waals surface area contributed by atoms with E-state index in [4.69, 9.17) is 9.78 Å². The zero-order valence-corrected chi connectivity index (χ0v) is 7.24. The van der Waals surface area contributed by atoms with E-state index in [1.165, 1.54) is 0 Å². The number of aryl methyl sites for hydroxylation is 1. The molecule has 64 valence electrons. The van der Waals surface area contributed by atoms with Crippen LogP contribution in [0.4, 0.5) is 0 Å². The molecule has 0 aliphatic heterocycles. The van der Waals surface area contributed by atoms with Gasteiger partial charge in [-0.3, -0.25) is 0 Å². The summed E-state index contributed by atoms with van der Waals surface area (Å²) in [4.78, 5) is 4.05. The third-order valence-corrected chi connectivity index (χ3v) is 1.53. The van der Waals surface area contributed by atoms with Crippen LogP contribution in [0.3, 0.4) is 0 Å². The van der Waals surface area contributed by atoms with Crippen molar-refractivity contribution in [1.82, 2.24) is 10.1 Å². The molecule has 0 aliphatic carbocycles. The minimum absolute atomic E-state index is 0.287. The van der Waals surface area contributed by atoms with E-state index in [1.807, 2.05) is 6.92 Å². The molecule has 1 atom stereocenters. The first-order valence-electron chi connectivity index (χ1n) is 3.88. The number of rotatable bonds is 3. The second-order valence-corrected chi connectivity index (χ2v) is 2.91. The van der Waals surface area contributed by atoms with Crippen LogP contribution in [0.1, 0.15) is 25.1 Å². The van der Waals surface area contributed by atoms with Crippen molar-refractivity contribution < 1.29 is 4.52 Å². The Labute approximate surface area is 71.2 Å². The maximum Gasteiger partial charge on any atom is 0.226 e. The molecule has 0 radical (unpaired) electrons. The van der Waals surface area contributed by atoms with Gasteiger partial charge in [-0.15, -0.1) is 0 Å². The van der Waals surface area contributed by atoms with Gasteiger partial charge in [0, 0.05) is 12.8 Å². The number of hydrogen-bond donors (Lipinski definition) is 0. The van der Waals surface area contributed by atoms with Crippen LogP contribution in [0, 0.1) is 24.2 Å². The van der Waals surface area contributed by atoms with Gasteiger partial charge in [0.1, 0.15) is 0 Å². The highest BCUT2D eigenvalue weighted by molar-refractivity contribution is 4.86. The molecule has 4 heteroatoms. The quantitative estimate of drug-likeness (QED) is 0.680. The lowest BCUT2D eigenvalue weighted by molar-refractivity contribution is 0.356. The van der Waals surface area contributed by atoms with Crippen molar-refractivity contribution >= 4 is 0 Å². The third-order valence-electron chi connectivity index (χ3n) is 1.53. The van der Waals surface area contributed by atoms with Crippen molar-refractivity contribution in [3.05, 3.63) is 11.7 Å². The van der Waals surface area contributed by atoms with Gasteiger partial charge in [0.25, 0.3) is 0 Å². The van der Waals surface area contributed by atoms with Crippen molar-refractivity contribution in [3.63, 3.8) is 0 Å². The highest BCUT2D eigenvalue weighted by Gasteiger charge is 2.08. The molecule has 0 saturated heterocycles. The van der Waals surface area contributed by atoms with E-state index in [1.54, 1.807) is 6.92 Å². The molecule has 1 rings (SSSR count). The molecule has 0 aliphatic rings. The van der Waals surface area contributed by atoms with Crippen LogP contribution in [0.15, 0.2) is 4.52 Å². The first-order valence-corrected chi connectivity index (χ1v) is 3.88. The summed E-state index contributed by atoms with van der Waals surface area (Å²) in [6.07, 6.45) is 1.22. The summed E-state index contributed by atoms with van der Waals surface area (Å²) < 4.78 is 4.91. The Morgan fingerprint density at radius 2 is 2.42 bits per heavy atom. The number of aromatic nitrogens is 2. The predicted octanol–water partition coefficient (Wildman–Crippen LogP) is 1.47. The number of nitriles is 1. The van der Waals surface area contributed by atoms with Crippen LogP contribution in [0.25, 0.3) is 0 Å². The smallest absolute Gasteiger partial charge is 0.226 e. The Balaban J connectivity index is 2.47. The van der Waals surface area contributed by atoms with Crippen molar-refractivity contribution in [3.8, 4) is 6.07 Å². The van der Waals surface area contributed by atoms with Crippen LogP contribution in [-0.4, -0.2) is 10.1 Å². The molecule has 1 aromatic rings. The standard InChI is InChI=1S/C8H11N3O/c1-6(3-4-9)5-8-10-7(2)11-12-8/h6H,3,5H2,1-2H3. The first kappa shape index (κ1) is 8.72. The molecule has 0 amide bonds. The van der Waals surface area contributed by atoms with Gasteiger partial charge in [-0.2, -0.15) is 10.2 Å². The summed E-state index contributed by atoms with van der Waals surface area (Å²) in [5.74, 6) is 1.55. The number of nitrogens with zero attached hydrogens (tertiary/aromatic N) is 3. The van der Waals surface area contributed by atoms with Crippen molar-refractivity contribution in [2.75, 3.05) is 0 Å². The summed E-state index contributed by atoms with van der Waals surface area (Å²) >= 11 is 0.